The highest BCUT2D eigenvalue weighted by Crippen LogP contribution is 2.41. The largest absolute Gasteiger partial charge is 0.507 e. The number of aryl methyl sites for hydroxylation is 2. The maximum absolute atomic E-state index is 13.4. The second-order valence-electron chi connectivity index (χ2n) is 7.75. The van der Waals surface area contributed by atoms with Crippen molar-refractivity contribution in [2.75, 3.05) is 0 Å². The van der Waals surface area contributed by atoms with E-state index < -0.39 is 0 Å². The van der Waals surface area contributed by atoms with Crippen LogP contribution in [0.25, 0.3) is 21.5 Å². The summed E-state index contributed by atoms with van der Waals surface area (Å²) in [5.41, 5.74) is 3.80. The maximum atomic E-state index is 13.4. The van der Waals surface area contributed by atoms with Crippen LogP contribution in [-0.4, -0.2) is 14.7 Å². The summed E-state index contributed by atoms with van der Waals surface area (Å²) in [6, 6.07) is 13.5. The average molecular weight is 416 g/mol. The predicted molar refractivity (Wildman–Crippen MR) is 116 cm³/mol. The van der Waals surface area contributed by atoms with Crippen LogP contribution in [0, 0.1) is 5.82 Å². The van der Waals surface area contributed by atoms with Gasteiger partial charge in [0.1, 0.15) is 22.2 Å². The monoisotopic (exact) mass is 416 g/mol. The van der Waals surface area contributed by atoms with Crippen LogP contribution in [0.15, 0.2) is 53.3 Å². The van der Waals surface area contributed by atoms with Crippen molar-refractivity contribution in [1.29, 1.82) is 0 Å². The summed E-state index contributed by atoms with van der Waals surface area (Å²) in [6.45, 7) is 0.592. The molecule has 148 valence electrons. The molecule has 2 aromatic heterocycles. The molecule has 3 heterocycles. The summed E-state index contributed by atoms with van der Waals surface area (Å²) in [5, 5.41) is 11.9. The standard InChI is InChI=1S/C24H17FN2O2S/c25-15-10-8-13(9-11-15)21(28)19-16-5-2-1-4-14(16)12-27-22(19)26-23(29)20-17-6-3-7-18(17)30-24(20)27/h1-2,4-5,8-11,28H,3,6-7,12H2/b21-19+. The first-order chi connectivity index (χ1) is 14.6. The molecule has 4 nitrogen and oxygen atoms in total. The van der Waals surface area contributed by atoms with Crippen LogP contribution in [0.2, 0.25) is 0 Å². The molecule has 30 heavy (non-hydrogen) atoms. The third-order valence-corrected chi connectivity index (χ3v) is 7.33. The topological polar surface area (TPSA) is 55.1 Å². The van der Waals surface area contributed by atoms with Crippen LogP contribution in [0.5, 0.6) is 0 Å². The SMILES string of the molecule is O=c1nc2n(c3sc4c(c13)CCC4)Cc1ccccc1/C2=C(\O)c1ccc(F)cc1. The molecular formula is C24H17FN2O2S. The molecular weight excluding hydrogens is 399 g/mol. The molecule has 1 N–H and O–H groups in total. The van der Waals surface area contributed by atoms with Gasteiger partial charge in [-0.3, -0.25) is 4.79 Å². The number of aliphatic hydroxyl groups is 1. The summed E-state index contributed by atoms with van der Waals surface area (Å²) in [5.74, 6) is 0.0874. The zero-order chi connectivity index (χ0) is 20.4. The Morgan fingerprint density at radius 1 is 1.10 bits per heavy atom. The van der Waals surface area contributed by atoms with Crippen molar-refractivity contribution in [3.05, 3.63) is 97.7 Å². The van der Waals surface area contributed by atoms with Gasteiger partial charge in [-0.05, 0) is 60.2 Å². The number of halogens is 1. The highest BCUT2D eigenvalue weighted by Gasteiger charge is 2.30. The first kappa shape index (κ1) is 17.6. The lowest BCUT2D eigenvalue weighted by atomic mass is 9.92. The van der Waals surface area contributed by atoms with Gasteiger partial charge in [-0.2, -0.15) is 4.98 Å². The summed E-state index contributed by atoms with van der Waals surface area (Å²) >= 11 is 1.67. The Labute approximate surface area is 175 Å². The van der Waals surface area contributed by atoms with Crippen LogP contribution in [0.1, 0.15) is 39.4 Å². The highest BCUT2D eigenvalue weighted by molar-refractivity contribution is 7.19. The third-order valence-electron chi connectivity index (χ3n) is 6.02. The van der Waals surface area contributed by atoms with Crippen molar-refractivity contribution in [2.24, 2.45) is 0 Å². The highest BCUT2D eigenvalue weighted by atomic mass is 32.1. The lowest BCUT2D eigenvalue weighted by Crippen LogP contribution is -2.23. The number of aliphatic hydroxyl groups excluding tert-OH is 1. The predicted octanol–water partition coefficient (Wildman–Crippen LogP) is 4.92. The summed E-state index contributed by atoms with van der Waals surface area (Å²) in [6.07, 6.45) is 3.01. The Morgan fingerprint density at radius 3 is 2.73 bits per heavy atom. The van der Waals surface area contributed by atoms with Crippen LogP contribution in [0.4, 0.5) is 4.39 Å². The minimum Gasteiger partial charge on any atom is -0.507 e. The fourth-order valence-corrected chi connectivity index (χ4v) is 6.01. The van der Waals surface area contributed by atoms with E-state index in [0.717, 1.165) is 46.2 Å². The Hall–Kier alpha value is -3.25. The minimum atomic E-state index is -0.370. The molecule has 0 unspecified atom stereocenters. The van der Waals surface area contributed by atoms with Crippen LogP contribution < -0.4 is 5.56 Å². The number of nitrogens with zero attached hydrogens (tertiary/aromatic N) is 2. The van der Waals surface area contributed by atoms with E-state index in [4.69, 9.17) is 0 Å². The normalized spacial score (nSPS) is 16.3. The summed E-state index contributed by atoms with van der Waals surface area (Å²) in [7, 11) is 0. The van der Waals surface area contributed by atoms with Gasteiger partial charge in [-0.25, -0.2) is 4.39 Å². The van der Waals surface area contributed by atoms with E-state index in [-0.39, 0.29) is 17.1 Å². The van der Waals surface area contributed by atoms with E-state index in [1.807, 2.05) is 24.3 Å². The van der Waals surface area contributed by atoms with Gasteiger partial charge >= 0.3 is 0 Å². The molecule has 0 amide bonds. The van der Waals surface area contributed by atoms with E-state index in [1.165, 1.54) is 29.1 Å². The number of fused-ring (bicyclic) bond motifs is 6. The number of hydrogen-bond donors (Lipinski definition) is 1. The van der Waals surface area contributed by atoms with Crippen molar-refractivity contribution < 1.29 is 9.50 Å². The number of aromatic nitrogens is 2. The van der Waals surface area contributed by atoms with Crippen LogP contribution in [0.3, 0.4) is 0 Å². The molecule has 0 bridgehead atoms. The lowest BCUT2D eigenvalue weighted by Gasteiger charge is -2.25. The number of hydrogen-bond acceptors (Lipinski definition) is 4. The second kappa shape index (κ2) is 6.37. The van der Waals surface area contributed by atoms with Crippen molar-refractivity contribution >= 4 is 32.9 Å². The molecule has 2 aliphatic rings. The molecule has 6 heteroatoms. The van der Waals surface area contributed by atoms with Gasteiger partial charge < -0.3 is 9.67 Å². The first-order valence-corrected chi connectivity index (χ1v) is 10.8. The van der Waals surface area contributed by atoms with Crippen molar-refractivity contribution in [3.63, 3.8) is 0 Å². The third kappa shape index (κ3) is 2.43. The van der Waals surface area contributed by atoms with Gasteiger partial charge in [-0.15, -0.1) is 11.3 Å². The molecule has 0 saturated heterocycles. The number of thiophene rings is 1. The average Bonchev–Trinajstić information content (AvgIpc) is 3.34. The molecule has 1 aliphatic carbocycles. The van der Waals surface area contributed by atoms with Gasteiger partial charge in [0.15, 0.2) is 0 Å². The van der Waals surface area contributed by atoms with E-state index in [2.05, 4.69) is 9.55 Å². The molecule has 6 rings (SSSR count). The molecule has 0 spiro atoms. The van der Waals surface area contributed by atoms with E-state index in [9.17, 15) is 14.3 Å². The molecule has 0 fully saturated rings. The Kier molecular flexibility index (Phi) is 3.74. The van der Waals surface area contributed by atoms with E-state index in [0.29, 0.717) is 23.5 Å². The van der Waals surface area contributed by atoms with Gasteiger partial charge in [0.25, 0.3) is 5.56 Å². The fourth-order valence-electron chi connectivity index (χ4n) is 4.63. The van der Waals surface area contributed by atoms with Crippen LogP contribution in [-0.2, 0) is 19.4 Å². The van der Waals surface area contributed by atoms with Crippen LogP contribution >= 0.6 is 11.3 Å². The Morgan fingerprint density at radius 2 is 1.90 bits per heavy atom. The summed E-state index contributed by atoms with van der Waals surface area (Å²) < 4.78 is 15.5. The van der Waals surface area contributed by atoms with Crippen molar-refractivity contribution in [1.82, 2.24) is 9.55 Å². The Balaban J connectivity index is 1.70. The van der Waals surface area contributed by atoms with E-state index >= 15 is 0 Å². The molecule has 4 aromatic rings. The second-order valence-corrected chi connectivity index (χ2v) is 8.84. The lowest BCUT2D eigenvalue weighted by molar-refractivity contribution is 0.512. The van der Waals surface area contributed by atoms with Gasteiger partial charge in [-0.1, -0.05) is 24.3 Å². The molecule has 0 saturated carbocycles. The Bertz CT molecular complexity index is 1430. The number of benzene rings is 2. The fraction of sp³-hybridized carbons (Fsp3) is 0.167. The minimum absolute atomic E-state index is 0.00810. The summed E-state index contributed by atoms with van der Waals surface area (Å²) in [4.78, 5) is 19.7. The molecule has 0 radical (unpaired) electrons. The van der Waals surface area contributed by atoms with E-state index in [1.54, 1.807) is 11.3 Å². The molecule has 1 aliphatic heterocycles. The maximum Gasteiger partial charge on any atom is 0.282 e. The smallest absolute Gasteiger partial charge is 0.282 e. The van der Waals surface area contributed by atoms with Crippen molar-refractivity contribution in [2.45, 2.75) is 25.8 Å². The molecule has 2 aromatic carbocycles. The zero-order valence-electron chi connectivity index (χ0n) is 16.0. The van der Waals surface area contributed by atoms with Gasteiger partial charge in [0.2, 0.25) is 0 Å². The quantitative estimate of drug-likeness (QED) is 0.395. The number of rotatable bonds is 1. The van der Waals surface area contributed by atoms with Gasteiger partial charge in [0, 0.05) is 10.4 Å². The zero-order valence-corrected chi connectivity index (χ0v) is 16.8. The molecule has 0 atom stereocenters. The van der Waals surface area contributed by atoms with Crippen molar-refractivity contribution in [3.8, 4) is 0 Å². The first-order valence-electron chi connectivity index (χ1n) is 9.94. The van der Waals surface area contributed by atoms with Gasteiger partial charge in [0.05, 0.1) is 17.5 Å².